The zero-order valence-electron chi connectivity index (χ0n) is 19.8. The molecule has 2 aromatic heterocycles. The minimum absolute atomic E-state index is 0.0878. The maximum atomic E-state index is 12.8. The van der Waals surface area contributed by atoms with Gasteiger partial charge in [0.15, 0.2) is 0 Å². The van der Waals surface area contributed by atoms with E-state index in [0.29, 0.717) is 5.92 Å². The minimum Gasteiger partial charge on any atom is -0.345 e. The van der Waals surface area contributed by atoms with Gasteiger partial charge in [-0.2, -0.15) is 0 Å². The summed E-state index contributed by atoms with van der Waals surface area (Å²) in [6.45, 7) is 8.78. The van der Waals surface area contributed by atoms with Gasteiger partial charge in [-0.15, -0.1) is 0 Å². The van der Waals surface area contributed by atoms with Crippen molar-refractivity contribution in [3.8, 4) is 11.3 Å². The predicted molar refractivity (Wildman–Crippen MR) is 138 cm³/mol. The van der Waals surface area contributed by atoms with Crippen LogP contribution < -0.4 is 5.32 Å². The molecule has 34 heavy (non-hydrogen) atoms. The Hall–Kier alpha value is -3.60. The van der Waals surface area contributed by atoms with E-state index in [1.807, 2.05) is 17.2 Å². The quantitative estimate of drug-likeness (QED) is 0.507. The monoisotopic (exact) mass is 452 g/mol. The molecule has 5 heteroatoms. The van der Waals surface area contributed by atoms with E-state index in [0.717, 1.165) is 62.4 Å². The van der Waals surface area contributed by atoms with Crippen LogP contribution in [0, 0.1) is 12.8 Å². The number of nitrogens with zero attached hydrogens (tertiary/aromatic N) is 3. The number of benzene rings is 1. The Morgan fingerprint density at radius 1 is 1.15 bits per heavy atom. The van der Waals surface area contributed by atoms with Crippen molar-refractivity contribution in [1.82, 2.24) is 14.5 Å². The molecule has 1 aromatic carbocycles. The van der Waals surface area contributed by atoms with Gasteiger partial charge in [-0.05, 0) is 79.5 Å². The fourth-order valence-electron chi connectivity index (χ4n) is 4.98. The molecule has 0 saturated carbocycles. The molecule has 1 fully saturated rings. The molecule has 174 valence electrons. The highest BCUT2D eigenvalue weighted by molar-refractivity contribution is 5.91. The molecule has 1 saturated heterocycles. The Bertz CT molecular complexity index is 1220. The number of likely N-dealkylation sites (tertiary alicyclic amines) is 1. The van der Waals surface area contributed by atoms with E-state index in [-0.39, 0.29) is 5.91 Å². The van der Waals surface area contributed by atoms with E-state index < -0.39 is 0 Å². The molecule has 1 amide bonds. The summed E-state index contributed by atoms with van der Waals surface area (Å²) in [6.07, 6.45) is 9.31. The molecule has 2 aliphatic heterocycles. The Labute approximate surface area is 201 Å². The SMILES string of the molecule is C=C1CCc2cc(/C=C/C(=O)N3CCC(Cn4c(C)ccc4-c4ccccc4)CC3)cnc2N1. The standard InChI is InChI=1S/C29H32N4O/c1-21-8-11-26-18-24(19-30-29(26)31-21)10-13-28(34)32-16-14-23(15-17-32)20-33-22(2)9-12-27(33)25-6-4-3-5-7-25/h3-7,9-10,12-13,18-19,23H,1,8,11,14-17,20H2,2H3,(H,30,31)/b13-10+. The van der Waals surface area contributed by atoms with Crippen molar-refractivity contribution >= 4 is 17.8 Å². The van der Waals surface area contributed by atoms with Crippen LogP contribution in [0.15, 0.2) is 73.1 Å². The number of hydrogen-bond donors (Lipinski definition) is 1. The normalized spacial score (nSPS) is 16.5. The molecule has 4 heterocycles. The number of allylic oxidation sites excluding steroid dienone is 1. The minimum atomic E-state index is 0.0878. The number of rotatable bonds is 5. The Morgan fingerprint density at radius 2 is 1.94 bits per heavy atom. The van der Waals surface area contributed by atoms with Crippen LogP contribution in [-0.2, 0) is 17.8 Å². The lowest BCUT2D eigenvalue weighted by atomic mass is 9.96. The molecule has 1 N–H and O–H groups in total. The molecule has 0 aliphatic carbocycles. The maximum absolute atomic E-state index is 12.8. The summed E-state index contributed by atoms with van der Waals surface area (Å²) in [5, 5.41) is 3.23. The first-order valence-corrected chi connectivity index (χ1v) is 12.2. The summed E-state index contributed by atoms with van der Waals surface area (Å²) in [5.41, 5.74) is 6.97. The van der Waals surface area contributed by atoms with E-state index in [1.165, 1.54) is 22.5 Å². The number of pyridine rings is 1. The van der Waals surface area contributed by atoms with Crippen molar-refractivity contribution in [3.63, 3.8) is 0 Å². The molecule has 2 aliphatic rings. The van der Waals surface area contributed by atoms with E-state index in [2.05, 4.69) is 76.9 Å². The van der Waals surface area contributed by atoms with Crippen molar-refractivity contribution < 1.29 is 4.79 Å². The zero-order chi connectivity index (χ0) is 23.5. The molecule has 0 spiro atoms. The molecule has 3 aromatic rings. The first-order valence-electron chi connectivity index (χ1n) is 12.2. The third kappa shape index (κ3) is 4.84. The number of amides is 1. The van der Waals surface area contributed by atoms with E-state index in [1.54, 1.807) is 6.08 Å². The van der Waals surface area contributed by atoms with Crippen molar-refractivity contribution in [3.05, 3.63) is 89.9 Å². The molecule has 5 nitrogen and oxygen atoms in total. The second kappa shape index (κ2) is 9.72. The van der Waals surface area contributed by atoms with Crippen molar-refractivity contribution in [1.29, 1.82) is 0 Å². The van der Waals surface area contributed by atoms with Gasteiger partial charge >= 0.3 is 0 Å². The smallest absolute Gasteiger partial charge is 0.246 e. The fraction of sp³-hybridized carbons (Fsp3) is 0.310. The van der Waals surface area contributed by atoms with Gasteiger partial charge in [0.05, 0.1) is 0 Å². The largest absolute Gasteiger partial charge is 0.345 e. The molecule has 0 unspecified atom stereocenters. The highest BCUT2D eigenvalue weighted by Gasteiger charge is 2.23. The van der Waals surface area contributed by atoms with Crippen LogP contribution in [0.4, 0.5) is 5.82 Å². The zero-order valence-corrected chi connectivity index (χ0v) is 19.8. The first-order chi connectivity index (χ1) is 16.6. The van der Waals surface area contributed by atoms with E-state index >= 15 is 0 Å². The van der Waals surface area contributed by atoms with Gasteiger partial charge in [0.2, 0.25) is 5.91 Å². The number of carbonyl (C=O) groups is 1. The van der Waals surface area contributed by atoms with Crippen molar-refractivity contribution in [2.24, 2.45) is 5.92 Å². The second-order valence-electron chi connectivity index (χ2n) is 9.44. The summed E-state index contributed by atoms with van der Waals surface area (Å²) in [7, 11) is 0. The fourth-order valence-corrected chi connectivity index (χ4v) is 4.98. The van der Waals surface area contributed by atoms with Gasteiger partial charge in [0, 0.05) is 49.0 Å². The number of fused-ring (bicyclic) bond motifs is 1. The molecule has 0 atom stereocenters. The predicted octanol–water partition coefficient (Wildman–Crippen LogP) is 5.68. The van der Waals surface area contributed by atoms with Gasteiger partial charge in [-0.3, -0.25) is 4.79 Å². The molecule has 5 rings (SSSR count). The summed E-state index contributed by atoms with van der Waals surface area (Å²) >= 11 is 0. The number of aryl methyl sites for hydroxylation is 2. The molecule has 0 radical (unpaired) electrons. The number of carbonyl (C=O) groups excluding carboxylic acids is 1. The molecule has 0 bridgehead atoms. The average molecular weight is 453 g/mol. The third-order valence-electron chi connectivity index (χ3n) is 7.03. The number of piperidine rings is 1. The number of anilines is 1. The summed E-state index contributed by atoms with van der Waals surface area (Å²) in [5.74, 6) is 1.55. The number of nitrogens with one attached hydrogen (secondary N) is 1. The average Bonchev–Trinajstić information content (AvgIpc) is 3.23. The van der Waals surface area contributed by atoms with Crippen LogP contribution >= 0.6 is 0 Å². The second-order valence-corrected chi connectivity index (χ2v) is 9.44. The molecular weight excluding hydrogens is 420 g/mol. The topological polar surface area (TPSA) is 50.2 Å². The first kappa shape index (κ1) is 22.2. The lowest BCUT2D eigenvalue weighted by molar-refractivity contribution is -0.127. The Balaban J connectivity index is 1.17. The lowest BCUT2D eigenvalue weighted by Gasteiger charge is -2.32. The van der Waals surface area contributed by atoms with Gasteiger partial charge in [0.25, 0.3) is 0 Å². The maximum Gasteiger partial charge on any atom is 0.246 e. The highest BCUT2D eigenvalue weighted by Crippen LogP contribution is 2.27. The van der Waals surface area contributed by atoms with E-state index in [4.69, 9.17) is 0 Å². The van der Waals surface area contributed by atoms with Gasteiger partial charge < -0.3 is 14.8 Å². The van der Waals surface area contributed by atoms with Crippen LogP contribution in [-0.4, -0.2) is 33.4 Å². The van der Waals surface area contributed by atoms with Crippen LogP contribution in [0.1, 0.15) is 36.1 Å². The highest BCUT2D eigenvalue weighted by atomic mass is 16.2. The Morgan fingerprint density at radius 3 is 2.74 bits per heavy atom. The summed E-state index contributed by atoms with van der Waals surface area (Å²) in [6, 6.07) is 17.1. The lowest BCUT2D eigenvalue weighted by Crippen LogP contribution is -2.38. The Kier molecular flexibility index (Phi) is 6.35. The van der Waals surface area contributed by atoms with Crippen LogP contribution in [0.3, 0.4) is 0 Å². The summed E-state index contributed by atoms with van der Waals surface area (Å²) < 4.78 is 2.44. The number of aromatic nitrogens is 2. The van der Waals surface area contributed by atoms with Crippen molar-refractivity contribution in [2.75, 3.05) is 18.4 Å². The third-order valence-corrected chi connectivity index (χ3v) is 7.03. The van der Waals surface area contributed by atoms with Crippen LogP contribution in [0.2, 0.25) is 0 Å². The van der Waals surface area contributed by atoms with Gasteiger partial charge in [-0.25, -0.2) is 4.98 Å². The van der Waals surface area contributed by atoms with Crippen molar-refractivity contribution in [2.45, 2.75) is 39.2 Å². The van der Waals surface area contributed by atoms with E-state index in [9.17, 15) is 4.79 Å². The molecular formula is C29H32N4O. The van der Waals surface area contributed by atoms with Gasteiger partial charge in [-0.1, -0.05) is 36.9 Å². The van der Waals surface area contributed by atoms with Crippen LogP contribution in [0.25, 0.3) is 17.3 Å². The summed E-state index contributed by atoms with van der Waals surface area (Å²) in [4.78, 5) is 19.3. The van der Waals surface area contributed by atoms with Gasteiger partial charge in [0.1, 0.15) is 5.82 Å². The number of hydrogen-bond acceptors (Lipinski definition) is 3. The van der Waals surface area contributed by atoms with Crippen LogP contribution in [0.5, 0.6) is 0 Å².